The molecule has 0 bridgehead atoms. The van der Waals surface area contributed by atoms with E-state index in [9.17, 15) is 4.79 Å². The third-order valence-corrected chi connectivity index (χ3v) is 0.791. The molecule has 0 aromatic heterocycles. The van der Waals surface area contributed by atoms with Crippen LogP contribution in [0.4, 0.5) is 0 Å². The average Bonchev–Trinajstić information content (AvgIpc) is 1.87. The zero-order valence-electron chi connectivity index (χ0n) is 6.04. The molecule has 0 aliphatic rings. The van der Waals surface area contributed by atoms with Crippen LogP contribution >= 0.6 is 0 Å². The van der Waals surface area contributed by atoms with Gasteiger partial charge in [-0.05, 0) is 6.92 Å². The molecule has 0 atom stereocenters. The summed E-state index contributed by atoms with van der Waals surface area (Å²) in [5.41, 5.74) is 0. The van der Waals surface area contributed by atoms with Gasteiger partial charge in [0.05, 0.1) is 13.2 Å². The molecule has 58 valence electrons. The summed E-state index contributed by atoms with van der Waals surface area (Å²) >= 11 is 0. The third-order valence-electron chi connectivity index (χ3n) is 0.791. The number of carbonyl (C=O) groups is 1. The highest BCUT2D eigenvalue weighted by molar-refractivity contribution is 5.76. The van der Waals surface area contributed by atoms with Crippen LogP contribution in [-0.2, 0) is 9.53 Å². The van der Waals surface area contributed by atoms with Crippen molar-refractivity contribution in [1.29, 1.82) is 0 Å². The number of aliphatic hydroxyl groups is 1. The van der Waals surface area contributed by atoms with Crippen LogP contribution in [0.15, 0.2) is 12.2 Å². The molecule has 0 aliphatic heterocycles. The Morgan fingerprint density at radius 3 is 2.80 bits per heavy atom. The van der Waals surface area contributed by atoms with Crippen molar-refractivity contribution >= 4 is 5.78 Å². The van der Waals surface area contributed by atoms with E-state index in [1.165, 1.54) is 6.92 Å². The maximum atomic E-state index is 10.3. The van der Waals surface area contributed by atoms with Crippen molar-refractivity contribution in [2.24, 2.45) is 0 Å². The normalized spacial score (nSPS) is 10.6. The van der Waals surface area contributed by atoms with Gasteiger partial charge >= 0.3 is 0 Å². The van der Waals surface area contributed by atoms with Crippen molar-refractivity contribution < 1.29 is 14.6 Å². The van der Waals surface area contributed by atoms with Crippen LogP contribution in [0, 0.1) is 0 Å². The topological polar surface area (TPSA) is 46.5 Å². The SMILES string of the molecule is CC(=O)COC/C=C/CO. The summed E-state index contributed by atoms with van der Waals surface area (Å²) in [6.45, 7) is 2.02. The molecule has 0 aromatic carbocycles. The molecule has 0 saturated heterocycles. The monoisotopic (exact) mass is 144 g/mol. The quantitative estimate of drug-likeness (QED) is 0.441. The van der Waals surface area contributed by atoms with Gasteiger partial charge in [0, 0.05) is 0 Å². The Bertz CT molecular complexity index is 118. The van der Waals surface area contributed by atoms with E-state index in [1.807, 2.05) is 0 Å². The summed E-state index contributed by atoms with van der Waals surface area (Å²) in [5, 5.41) is 8.27. The van der Waals surface area contributed by atoms with Gasteiger partial charge < -0.3 is 9.84 Å². The highest BCUT2D eigenvalue weighted by atomic mass is 16.5. The van der Waals surface area contributed by atoms with Gasteiger partial charge in [0.2, 0.25) is 0 Å². The fourth-order valence-corrected chi connectivity index (χ4v) is 0.413. The smallest absolute Gasteiger partial charge is 0.155 e. The molecule has 0 spiro atoms. The molecule has 1 N–H and O–H groups in total. The number of hydrogen-bond donors (Lipinski definition) is 1. The number of hydrogen-bond acceptors (Lipinski definition) is 3. The first-order valence-corrected chi connectivity index (χ1v) is 3.10. The standard InChI is InChI=1S/C7H12O3/c1-7(9)6-10-5-3-2-4-8/h2-3,8H,4-6H2,1H3/b3-2+. The zero-order chi connectivity index (χ0) is 7.82. The van der Waals surface area contributed by atoms with Crippen LogP contribution in [0.5, 0.6) is 0 Å². The zero-order valence-corrected chi connectivity index (χ0v) is 6.04. The summed E-state index contributed by atoms with van der Waals surface area (Å²) in [7, 11) is 0. The van der Waals surface area contributed by atoms with E-state index in [1.54, 1.807) is 12.2 Å². The summed E-state index contributed by atoms with van der Waals surface area (Å²) < 4.78 is 4.85. The molecule has 0 amide bonds. The minimum atomic E-state index is 0.0115. The molecule has 0 heterocycles. The summed E-state index contributed by atoms with van der Waals surface area (Å²) in [5.74, 6) is 0.0115. The Balaban J connectivity index is 3.05. The molecule has 0 saturated carbocycles. The lowest BCUT2D eigenvalue weighted by molar-refractivity contribution is -0.121. The first-order valence-electron chi connectivity index (χ1n) is 3.10. The van der Waals surface area contributed by atoms with Crippen LogP contribution in [-0.4, -0.2) is 30.7 Å². The Hall–Kier alpha value is -0.670. The number of carbonyl (C=O) groups excluding carboxylic acids is 1. The van der Waals surface area contributed by atoms with Crippen molar-refractivity contribution in [1.82, 2.24) is 0 Å². The largest absolute Gasteiger partial charge is 0.392 e. The maximum Gasteiger partial charge on any atom is 0.155 e. The second-order valence-corrected chi connectivity index (χ2v) is 1.87. The molecular weight excluding hydrogens is 132 g/mol. The first kappa shape index (κ1) is 9.33. The number of aliphatic hydroxyl groups excluding tert-OH is 1. The molecule has 0 radical (unpaired) electrons. The lowest BCUT2D eigenvalue weighted by atomic mass is 10.5. The van der Waals surface area contributed by atoms with Crippen molar-refractivity contribution in [3.05, 3.63) is 12.2 Å². The van der Waals surface area contributed by atoms with Gasteiger partial charge in [-0.1, -0.05) is 12.2 Å². The molecule has 0 aromatic rings. The Kier molecular flexibility index (Phi) is 6.02. The van der Waals surface area contributed by atoms with E-state index in [2.05, 4.69) is 0 Å². The number of ketones is 1. The van der Waals surface area contributed by atoms with E-state index in [0.717, 1.165) is 0 Å². The van der Waals surface area contributed by atoms with E-state index in [4.69, 9.17) is 9.84 Å². The van der Waals surface area contributed by atoms with Crippen molar-refractivity contribution in [2.75, 3.05) is 19.8 Å². The van der Waals surface area contributed by atoms with E-state index in [-0.39, 0.29) is 19.0 Å². The summed E-state index contributed by atoms with van der Waals surface area (Å²) in [6.07, 6.45) is 3.24. The second-order valence-electron chi connectivity index (χ2n) is 1.87. The molecular formula is C7H12O3. The van der Waals surface area contributed by atoms with Gasteiger partial charge in [0.15, 0.2) is 5.78 Å². The minimum Gasteiger partial charge on any atom is -0.392 e. The van der Waals surface area contributed by atoms with Crippen molar-refractivity contribution in [3.8, 4) is 0 Å². The van der Waals surface area contributed by atoms with Crippen molar-refractivity contribution in [2.45, 2.75) is 6.92 Å². The number of ether oxygens (including phenoxy) is 1. The number of rotatable bonds is 5. The van der Waals surface area contributed by atoms with Crippen LogP contribution in [0.3, 0.4) is 0 Å². The molecule has 3 nitrogen and oxygen atoms in total. The Labute approximate surface area is 60.3 Å². The van der Waals surface area contributed by atoms with Gasteiger partial charge in [-0.25, -0.2) is 0 Å². The molecule has 0 fully saturated rings. The van der Waals surface area contributed by atoms with Crippen molar-refractivity contribution in [3.63, 3.8) is 0 Å². The van der Waals surface area contributed by atoms with Gasteiger partial charge in [0.25, 0.3) is 0 Å². The molecule has 3 heteroatoms. The summed E-state index contributed by atoms with van der Waals surface area (Å²) in [6, 6.07) is 0. The lowest BCUT2D eigenvalue weighted by Gasteiger charge is -1.93. The Morgan fingerprint density at radius 2 is 2.30 bits per heavy atom. The average molecular weight is 144 g/mol. The second kappa shape index (κ2) is 6.45. The van der Waals surface area contributed by atoms with Crippen LogP contribution < -0.4 is 0 Å². The summed E-state index contributed by atoms with van der Waals surface area (Å²) in [4.78, 5) is 10.3. The van der Waals surface area contributed by atoms with Gasteiger partial charge in [-0.15, -0.1) is 0 Å². The minimum absolute atomic E-state index is 0.0115. The lowest BCUT2D eigenvalue weighted by Crippen LogP contribution is -2.03. The van der Waals surface area contributed by atoms with Gasteiger partial charge in [0.1, 0.15) is 6.61 Å². The van der Waals surface area contributed by atoms with Crippen LogP contribution in [0.2, 0.25) is 0 Å². The highest BCUT2D eigenvalue weighted by Gasteiger charge is 1.88. The maximum absolute atomic E-state index is 10.3. The van der Waals surface area contributed by atoms with Gasteiger partial charge in [-0.2, -0.15) is 0 Å². The molecule has 0 rings (SSSR count). The van der Waals surface area contributed by atoms with E-state index < -0.39 is 0 Å². The van der Waals surface area contributed by atoms with Crippen LogP contribution in [0.1, 0.15) is 6.92 Å². The fourth-order valence-electron chi connectivity index (χ4n) is 0.413. The highest BCUT2D eigenvalue weighted by Crippen LogP contribution is 1.78. The van der Waals surface area contributed by atoms with E-state index >= 15 is 0 Å². The predicted octanol–water partition coefficient (Wildman–Crippen LogP) is 0.141. The number of Topliss-reactive ketones (excluding diaryl/α,β-unsaturated/α-hetero) is 1. The predicted molar refractivity (Wildman–Crippen MR) is 37.7 cm³/mol. The van der Waals surface area contributed by atoms with Gasteiger partial charge in [-0.3, -0.25) is 4.79 Å². The van der Waals surface area contributed by atoms with E-state index in [0.29, 0.717) is 6.61 Å². The molecule has 0 aliphatic carbocycles. The third kappa shape index (κ3) is 7.33. The molecule has 10 heavy (non-hydrogen) atoms. The first-order chi connectivity index (χ1) is 4.77. The fraction of sp³-hybridized carbons (Fsp3) is 0.571. The molecule has 0 unspecified atom stereocenters. The Morgan fingerprint density at radius 1 is 1.60 bits per heavy atom. The van der Waals surface area contributed by atoms with Crippen LogP contribution in [0.25, 0.3) is 0 Å².